The van der Waals surface area contributed by atoms with Crippen LogP contribution in [0.3, 0.4) is 0 Å². The van der Waals surface area contributed by atoms with Crippen LogP contribution in [0.5, 0.6) is 0 Å². The summed E-state index contributed by atoms with van der Waals surface area (Å²) in [5.74, 6) is -3.31. The Morgan fingerprint density at radius 1 is 1.00 bits per heavy atom. The average molecular weight is 423 g/mol. The molecule has 0 radical (unpaired) electrons. The highest BCUT2D eigenvalue weighted by molar-refractivity contribution is 6.32. The summed E-state index contributed by atoms with van der Waals surface area (Å²) in [6.45, 7) is 0. The molecule has 0 spiro atoms. The summed E-state index contributed by atoms with van der Waals surface area (Å²) in [5.41, 5.74) is 5.79. The van der Waals surface area contributed by atoms with E-state index in [2.05, 4.69) is 20.8 Å². The summed E-state index contributed by atoms with van der Waals surface area (Å²) >= 11 is 0. The summed E-state index contributed by atoms with van der Waals surface area (Å²) in [5, 5.41) is 16.3. The van der Waals surface area contributed by atoms with Gasteiger partial charge in [0.1, 0.15) is 25.3 Å². The number of carbonyl (C=O) groups is 2. The summed E-state index contributed by atoms with van der Waals surface area (Å²) in [6.07, 6.45) is 1.55. The van der Waals surface area contributed by atoms with Crippen molar-refractivity contribution in [2.75, 3.05) is 10.6 Å². The number of rotatable bonds is 5. The van der Waals surface area contributed by atoms with Crippen molar-refractivity contribution in [2.45, 2.75) is 0 Å². The van der Waals surface area contributed by atoms with E-state index in [-0.39, 0.29) is 34.0 Å². The van der Waals surface area contributed by atoms with Gasteiger partial charge in [-0.25, -0.2) is 13.8 Å². The van der Waals surface area contributed by atoms with Gasteiger partial charge in [0.15, 0.2) is 5.84 Å². The number of nitrogens with two attached hydrogens (primary N) is 1. The van der Waals surface area contributed by atoms with Crippen LogP contribution in [0.15, 0.2) is 59.9 Å². The maximum absolute atomic E-state index is 14.3. The van der Waals surface area contributed by atoms with Gasteiger partial charge in [-0.15, -0.1) is 0 Å². The molecule has 0 fully saturated rings. The van der Waals surface area contributed by atoms with Gasteiger partial charge in [-0.05, 0) is 36.4 Å². The number of anilines is 2. The van der Waals surface area contributed by atoms with Crippen molar-refractivity contribution >= 4 is 42.5 Å². The standard InChI is InChI=1S/C20H16BF2N5O3/c21-11-2-6-17(25-9-11)27-20(30)14-8-12(22)3-5-16(14)26-19(29)13-4-1-10(7-15(13)23)18(24)28-31/h1-9,31H,21H2,(H2,24,28)(H,26,29)(H,25,27,30). The minimum Gasteiger partial charge on any atom is -0.409 e. The van der Waals surface area contributed by atoms with Crippen LogP contribution in [0.4, 0.5) is 20.3 Å². The van der Waals surface area contributed by atoms with Crippen LogP contribution in [-0.4, -0.2) is 35.7 Å². The fourth-order valence-electron chi connectivity index (χ4n) is 2.64. The van der Waals surface area contributed by atoms with Crippen molar-refractivity contribution in [3.8, 4) is 0 Å². The number of nitrogens with zero attached hydrogens (tertiary/aromatic N) is 2. The number of hydrogen-bond acceptors (Lipinski definition) is 5. The lowest BCUT2D eigenvalue weighted by atomic mass is 9.99. The molecule has 8 nitrogen and oxygen atoms in total. The molecule has 0 unspecified atom stereocenters. The summed E-state index contributed by atoms with van der Waals surface area (Å²) in [6, 6.07) is 9.83. The lowest BCUT2D eigenvalue weighted by Gasteiger charge is -2.12. The first kappa shape index (κ1) is 21.4. The first-order valence-electron chi connectivity index (χ1n) is 8.91. The Morgan fingerprint density at radius 3 is 2.39 bits per heavy atom. The molecule has 5 N–H and O–H groups in total. The number of aromatic nitrogens is 1. The van der Waals surface area contributed by atoms with Gasteiger partial charge in [0.05, 0.1) is 16.8 Å². The highest BCUT2D eigenvalue weighted by Crippen LogP contribution is 2.20. The monoisotopic (exact) mass is 423 g/mol. The van der Waals surface area contributed by atoms with Gasteiger partial charge in [-0.2, -0.15) is 0 Å². The van der Waals surface area contributed by atoms with Crippen molar-refractivity contribution in [3.63, 3.8) is 0 Å². The molecule has 2 amide bonds. The average Bonchev–Trinajstić information content (AvgIpc) is 2.75. The van der Waals surface area contributed by atoms with Crippen molar-refractivity contribution < 1.29 is 23.6 Å². The van der Waals surface area contributed by atoms with E-state index >= 15 is 0 Å². The Kier molecular flexibility index (Phi) is 6.25. The van der Waals surface area contributed by atoms with E-state index in [0.29, 0.717) is 0 Å². The van der Waals surface area contributed by atoms with Gasteiger partial charge in [0.2, 0.25) is 0 Å². The Balaban J connectivity index is 1.86. The highest BCUT2D eigenvalue weighted by atomic mass is 19.1. The van der Waals surface area contributed by atoms with Gasteiger partial charge in [-0.3, -0.25) is 9.59 Å². The molecule has 0 aliphatic heterocycles. The van der Waals surface area contributed by atoms with Gasteiger partial charge < -0.3 is 21.6 Å². The number of oxime groups is 1. The molecule has 3 aromatic rings. The first-order valence-corrected chi connectivity index (χ1v) is 8.91. The molecule has 0 aliphatic carbocycles. The third-order valence-corrected chi connectivity index (χ3v) is 4.24. The SMILES string of the molecule is Bc1ccc(NC(=O)c2cc(F)ccc2NC(=O)c2ccc(/C(N)=N\O)cc2F)nc1. The summed E-state index contributed by atoms with van der Waals surface area (Å²) in [7, 11) is 1.83. The van der Waals surface area contributed by atoms with E-state index in [4.69, 9.17) is 10.9 Å². The topological polar surface area (TPSA) is 130 Å². The molecular formula is C20H16BF2N5O3. The maximum Gasteiger partial charge on any atom is 0.259 e. The number of amides is 2. The lowest BCUT2D eigenvalue weighted by molar-refractivity contribution is 0.102. The minimum atomic E-state index is -0.932. The zero-order valence-electron chi connectivity index (χ0n) is 16.2. The van der Waals surface area contributed by atoms with Gasteiger partial charge in [-0.1, -0.05) is 22.8 Å². The largest absolute Gasteiger partial charge is 0.409 e. The van der Waals surface area contributed by atoms with Crippen molar-refractivity contribution in [2.24, 2.45) is 10.9 Å². The third kappa shape index (κ3) is 5.02. The third-order valence-electron chi connectivity index (χ3n) is 4.24. The van der Waals surface area contributed by atoms with Crippen molar-refractivity contribution in [1.82, 2.24) is 4.98 Å². The maximum atomic E-state index is 14.3. The Labute approximate surface area is 176 Å². The molecule has 0 saturated carbocycles. The van der Waals surface area contributed by atoms with Crippen LogP contribution < -0.4 is 21.8 Å². The smallest absolute Gasteiger partial charge is 0.259 e. The molecule has 0 aliphatic rings. The molecule has 1 heterocycles. The van der Waals surface area contributed by atoms with Crippen molar-refractivity contribution in [3.05, 3.63) is 83.1 Å². The molecule has 0 bridgehead atoms. The van der Waals surface area contributed by atoms with Crippen LogP contribution in [0.2, 0.25) is 0 Å². The van der Waals surface area contributed by atoms with E-state index in [1.807, 2.05) is 7.85 Å². The molecule has 2 aromatic carbocycles. The van der Waals surface area contributed by atoms with E-state index in [1.54, 1.807) is 18.3 Å². The van der Waals surface area contributed by atoms with Crippen LogP contribution >= 0.6 is 0 Å². The van der Waals surface area contributed by atoms with Gasteiger partial charge >= 0.3 is 0 Å². The number of amidine groups is 1. The summed E-state index contributed by atoms with van der Waals surface area (Å²) < 4.78 is 28.1. The molecule has 3 rings (SSSR count). The van der Waals surface area contributed by atoms with Crippen LogP contribution in [0.25, 0.3) is 0 Å². The number of halogens is 2. The molecule has 0 atom stereocenters. The molecule has 156 valence electrons. The number of nitrogens with one attached hydrogen (secondary N) is 2. The van der Waals surface area contributed by atoms with E-state index in [0.717, 1.165) is 29.7 Å². The molecular weight excluding hydrogens is 407 g/mol. The molecule has 11 heteroatoms. The minimum absolute atomic E-state index is 0.0316. The second-order valence-corrected chi connectivity index (χ2v) is 6.50. The molecule has 1 aromatic heterocycles. The Morgan fingerprint density at radius 2 is 1.74 bits per heavy atom. The van der Waals surface area contributed by atoms with Crippen LogP contribution in [0, 0.1) is 11.6 Å². The van der Waals surface area contributed by atoms with E-state index in [9.17, 15) is 18.4 Å². The predicted molar refractivity (Wildman–Crippen MR) is 114 cm³/mol. The second kappa shape index (κ2) is 9.03. The summed E-state index contributed by atoms with van der Waals surface area (Å²) in [4.78, 5) is 29.2. The number of benzene rings is 2. The predicted octanol–water partition coefficient (Wildman–Crippen LogP) is 1.22. The van der Waals surface area contributed by atoms with Crippen molar-refractivity contribution in [1.29, 1.82) is 0 Å². The lowest BCUT2D eigenvalue weighted by Crippen LogP contribution is -2.20. The number of carbonyl (C=O) groups excluding carboxylic acids is 2. The fourth-order valence-corrected chi connectivity index (χ4v) is 2.64. The Hall–Kier alpha value is -4.28. The fraction of sp³-hybridized carbons (Fsp3) is 0. The van der Waals surface area contributed by atoms with E-state index < -0.39 is 23.4 Å². The quantitative estimate of drug-likeness (QED) is 0.161. The van der Waals surface area contributed by atoms with Gasteiger partial charge in [0.25, 0.3) is 11.8 Å². The van der Waals surface area contributed by atoms with Crippen LogP contribution in [-0.2, 0) is 0 Å². The Bertz CT molecular complexity index is 1190. The molecule has 0 saturated heterocycles. The highest BCUT2D eigenvalue weighted by Gasteiger charge is 2.19. The molecule has 31 heavy (non-hydrogen) atoms. The van der Waals surface area contributed by atoms with Gasteiger partial charge in [0, 0.05) is 11.8 Å². The first-order chi connectivity index (χ1) is 14.8. The zero-order valence-corrected chi connectivity index (χ0v) is 16.2. The number of pyridine rings is 1. The zero-order chi connectivity index (χ0) is 22.5. The normalized spacial score (nSPS) is 11.1. The second-order valence-electron chi connectivity index (χ2n) is 6.50. The number of hydrogen-bond donors (Lipinski definition) is 4. The van der Waals surface area contributed by atoms with E-state index in [1.165, 1.54) is 12.1 Å². The van der Waals surface area contributed by atoms with Crippen LogP contribution in [0.1, 0.15) is 26.3 Å².